The van der Waals surface area contributed by atoms with Gasteiger partial charge in [0.15, 0.2) is 0 Å². The van der Waals surface area contributed by atoms with Crippen LogP contribution >= 0.6 is 11.6 Å². The molecule has 6 heteroatoms. The van der Waals surface area contributed by atoms with Crippen LogP contribution in [0.3, 0.4) is 0 Å². The van der Waals surface area contributed by atoms with E-state index in [9.17, 15) is 4.79 Å². The first-order chi connectivity index (χ1) is 15.7. The minimum Gasteiger partial charge on any atom is -0.337 e. The summed E-state index contributed by atoms with van der Waals surface area (Å²) in [5.41, 5.74) is 4.29. The fourth-order valence-electron chi connectivity index (χ4n) is 6.02. The third kappa shape index (κ3) is 3.52. The maximum atomic E-state index is 13.1. The molecule has 2 unspecified atom stereocenters. The molecule has 2 bridgehead atoms. The predicted octanol–water partition coefficient (Wildman–Crippen LogP) is 5.02. The van der Waals surface area contributed by atoms with Gasteiger partial charge >= 0.3 is 0 Å². The zero-order valence-corrected chi connectivity index (χ0v) is 19.0. The summed E-state index contributed by atoms with van der Waals surface area (Å²) in [4.78, 5) is 22.9. The van der Waals surface area contributed by atoms with Crippen LogP contribution in [0.25, 0.3) is 16.9 Å². The van der Waals surface area contributed by atoms with Crippen molar-refractivity contribution in [1.82, 2.24) is 19.2 Å². The highest BCUT2D eigenvalue weighted by atomic mass is 35.5. The normalized spacial score (nSPS) is 24.0. The maximum absolute atomic E-state index is 13.1. The van der Waals surface area contributed by atoms with Gasteiger partial charge in [0.1, 0.15) is 5.65 Å². The molecule has 5 nitrogen and oxygen atoms in total. The van der Waals surface area contributed by atoms with Gasteiger partial charge in [-0.15, -0.1) is 0 Å². The lowest BCUT2D eigenvalue weighted by molar-refractivity contribution is -0.146. The van der Waals surface area contributed by atoms with Gasteiger partial charge in [0.05, 0.1) is 11.4 Å². The second-order valence-corrected chi connectivity index (χ2v) is 10.1. The summed E-state index contributed by atoms with van der Waals surface area (Å²) in [6, 6.07) is 14.9. The molecule has 3 saturated heterocycles. The van der Waals surface area contributed by atoms with Crippen molar-refractivity contribution in [3.05, 3.63) is 59.4 Å². The molecule has 0 N–H and O–H groups in total. The van der Waals surface area contributed by atoms with E-state index in [0.29, 0.717) is 18.0 Å². The topological polar surface area (TPSA) is 40.9 Å². The number of amides is 1. The Labute approximate surface area is 194 Å². The summed E-state index contributed by atoms with van der Waals surface area (Å²) in [6.45, 7) is 2.69. The van der Waals surface area contributed by atoms with Gasteiger partial charge in [-0.3, -0.25) is 9.69 Å². The number of carbonyl (C=O) groups excluding carboxylic acids is 1. The third-order valence-corrected chi connectivity index (χ3v) is 7.98. The smallest absolute Gasteiger partial charge is 0.226 e. The number of piperazine rings is 1. The van der Waals surface area contributed by atoms with E-state index in [2.05, 4.69) is 44.7 Å². The molecule has 4 aliphatic rings. The second-order valence-electron chi connectivity index (χ2n) is 9.63. The standard InChI is InChI=1S/C26H29ClN4O/c27-20-10-8-18(9-11-20)25-23(30-14-4-3-7-24(30)28-25)17-29-15-22-13-12-21(29)16-31(22)26(32)19-5-1-2-6-19/h3-4,7-11,14,19,21-22H,1-2,5-6,12-13,15-17H2. The van der Waals surface area contributed by atoms with Crippen LogP contribution < -0.4 is 0 Å². The van der Waals surface area contributed by atoms with E-state index < -0.39 is 0 Å². The molecule has 4 fully saturated rings. The average Bonchev–Trinajstić information content (AvgIpc) is 3.49. The molecule has 0 radical (unpaired) electrons. The van der Waals surface area contributed by atoms with Gasteiger partial charge in [0, 0.05) is 54.4 Å². The van der Waals surface area contributed by atoms with Crippen LogP contribution in [0.1, 0.15) is 44.2 Å². The van der Waals surface area contributed by atoms with Crippen molar-refractivity contribution in [3.8, 4) is 11.3 Å². The number of aromatic nitrogens is 2. The zero-order valence-electron chi connectivity index (χ0n) is 18.3. The predicted molar refractivity (Wildman–Crippen MR) is 127 cm³/mol. The lowest BCUT2D eigenvalue weighted by atomic mass is 9.89. The number of carbonyl (C=O) groups is 1. The van der Waals surface area contributed by atoms with Gasteiger partial charge < -0.3 is 9.30 Å². The molecule has 1 aliphatic carbocycles. The number of rotatable bonds is 4. The minimum atomic E-state index is 0.276. The van der Waals surface area contributed by atoms with Crippen molar-refractivity contribution in [2.24, 2.45) is 5.92 Å². The van der Waals surface area contributed by atoms with Gasteiger partial charge in [0.25, 0.3) is 0 Å². The molecule has 7 rings (SSSR count). The largest absolute Gasteiger partial charge is 0.337 e. The summed E-state index contributed by atoms with van der Waals surface area (Å²) < 4.78 is 2.22. The van der Waals surface area contributed by atoms with E-state index in [-0.39, 0.29) is 5.92 Å². The van der Waals surface area contributed by atoms with Gasteiger partial charge in [-0.2, -0.15) is 0 Å². The molecule has 3 aliphatic heterocycles. The summed E-state index contributed by atoms with van der Waals surface area (Å²) in [5.74, 6) is 0.701. The van der Waals surface area contributed by atoms with E-state index in [0.717, 1.165) is 60.8 Å². The van der Waals surface area contributed by atoms with Crippen LogP contribution in [0.15, 0.2) is 48.7 Å². The molecule has 0 spiro atoms. The van der Waals surface area contributed by atoms with Crippen molar-refractivity contribution in [2.75, 3.05) is 13.1 Å². The SMILES string of the molecule is O=C(C1CCCC1)N1CC2CCC1CN2Cc1c(-c2ccc(Cl)cc2)nc2ccccn12. The Balaban J connectivity index is 1.28. The summed E-state index contributed by atoms with van der Waals surface area (Å²) >= 11 is 6.14. The van der Waals surface area contributed by atoms with Crippen molar-refractivity contribution in [1.29, 1.82) is 0 Å². The van der Waals surface area contributed by atoms with Crippen molar-refractivity contribution in [3.63, 3.8) is 0 Å². The van der Waals surface area contributed by atoms with E-state index in [1.165, 1.54) is 25.0 Å². The number of nitrogens with zero attached hydrogens (tertiary/aromatic N) is 4. The Morgan fingerprint density at radius 3 is 2.50 bits per heavy atom. The lowest BCUT2D eigenvalue weighted by Gasteiger charge is -2.52. The Bertz CT molecular complexity index is 1130. The summed E-state index contributed by atoms with van der Waals surface area (Å²) in [6.07, 6.45) is 9.02. The summed E-state index contributed by atoms with van der Waals surface area (Å²) in [7, 11) is 0. The highest BCUT2D eigenvalue weighted by Crippen LogP contribution is 2.35. The molecule has 2 atom stereocenters. The number of pyridine rings is 1. The monoisotopic (exact) mass is 448 g/mol. The van der Waals surface area contributed by atoms with Crippen molar-refractivity contribution < 1.29 is 4.79 Å². The Hall–Kier alpha value is -2.37. The molecular formula is C26H29ClN4O. The lowest BCUT2D eigenvalue weighted by Crippen LogP contribution is -2.64. The Kier molecular flexibility index (Phi) is 5.19. The fourth-order valence-corrected chi connectivity index (χ4v) is 6.14. The minimum absolute atomic E-state index is 0.276. The van der Waals surface area contributed by atoms with E-state index in [4.69, 9.17) is 16.6 Å². The second kappa shape index (κ2) is 8.20. The first kappa shape index (κ1) is 20.3. The molecular weight excluding hydrogens is 420 g/mol. The molecule has 5 heterocycles. The average molecular weight is 449 g/mol. The number of fused-ring (bicyclic) bond motifs is 4. The van der Waals surface area contributed by atoms with Gasteiger partial charge in [-0.05, 0) is 49.9 Å². The highest BCUT2D eigenvalue weighted by molar-refractivity contribution is 6.30. The van der Waals surface area contributed by atoms with Crippen molar-refractivity contribution in [2.45, 2.75) is 57.2 Å². The molecule has 2 aromatic heterocycles. The van der Waals surface area contributed by atoms with Gasteiger partial charge in [-0.25, -0.2) is 4.98 Å². The van der Waals surface area contributed by atoms with Gasteiger partial charge in [0.2, 0.25) is 5.91 Å². The number of piperidine rings is 2. The van der Waals surface area contributed by atoms with Crippen LogP contribution in [0.5, 0.6) is 0 Å². The molecule has 1 aromatic carbocycles. The molecule has 166 valence electrons. The zero-order chi connectivity index (χ0) is 21.7. The van der Waals surface area contributed by atoms with E-state index in [1.54, 1.807) is 0 Å². The first-order valence-electron chi connectivity index (χ1n) is 11.9. The molecule has 3 aromatic rings. The number of hydrogen-bond donors (Lipinski definition) is 0. The fraction of sp³-hybridized carbons (Fsp3) is 0.462. The van der Waals surface area contributed by atoms with Crippen LogP contribution in [0.4, 0.5) is 0 Å². The van der Waals surface area contributed by atoms with Crippen LogP contribution in [0.2, 0.25) is 5.02 Å². The molecule has 1 saturated carbocycles. The van der Waals surface area contributed by atoms with Gasteiger partial charge in [-0.1, -0.05) is 42.6 Å². The number of halogens is 1. The van der Waals surface area contributed by atoms with Crippen LogP contribution in [-0.2, 0) is 11.3 Å². The van der Waals surface area contributed by atoms with Crippen molar-refractivity contribution >= 4 is 23.2 Å². The third-order valence-electron chi connectivity index (χ3n) is 7.73. The van der Waals surface area contributed by atoms with E-state index >= 15 is 0 Å². The summed E-state index contributed by atoms with van der Waals surface area (Å²) in [5, 5.41) is 0.736. The van der Waals surface area contributed by atoms with Crippen LogP contribution in [0, 0.1) is 5.92 Å². The number of hydrogen-bond acceptors (Lipinski definition) is 3. The number of imidazole rings is 1. The first-order valence-corrected chi connectivity index (χ1v) is 12.3. The quantitative estimate of drug-likeness (QED) is 0.562. The highest BCUT2D eigenvalue weighted by Gasteiger charge is 2.43. The van der Waals surface area contributed by atoms with E-state index in [1.807, 2.05) is 18.2 Å². The molecule has 32 heavy (non-hydrogen) atoms. The Morgan fingerprint density at radius 2 is 1.75 bits per heavy atom. The maximum Gasteiger partial charge on any atom is 0.226 e. The van der Waals surface area contributed by atoms with Crippen LogP contribution in [-0.4, -0.2) is 50.3 Å². The number of benzene rings is 1. The Morgan fingerprint density at radius 1 is 0.969 bits per heavy atom. The molecule has 1 amide bonds.